The first-order chi connectivity index (χ1) is 13.6. The summed E-state index contributed by atoms with van der Waals surface area (Å²) >= 11 is 0. The number of nitrogens with zero attached hydrogens (tertiary/aromatic N) is 3. The number of halogens is 2. The number of hydrogen-bond donors (Lipinski definition) is 1. The maximum absolute atomic E-state index is 13.3. The zero-order chi connectivity index (χ0) is 19.8. The van der Waals surface area contributed by atoms with E-state index in [-0.39, 0.29) is 35.9 Å². The van der Waals surface area contributed by atoms with Crippen LogP contribution in [0.4, 0.5) is 4.39 Å². The van der Waals surface area contributed by atoms with Gasteiger partial charge in [-0.05, 0) is 38.3 Å². The van der Waals surface area contributed by atoms with Gasteiger partial charge in [0, 0.05) is 45.3 Å². The van der Waals surface area contributed by atoms with E-state index in [0.29, 0.717) is 18.2 Å². The molecule has 0 amide bonds. The molecule has 6 nitrogen and oxygen atoms in total. The van der Waals surface area contributed by atoms with Crippen LogP contribution in [-0.4, -0.2) is 80.9 Å². The summed E-state index contributed by atoms with van der Waals surface area (Å²) in [7, 11) is 0. The van der Waals surface area contributed by atoms with Crippen molar-refractivity contribution in [1.29, 1.82) is 0 Å². The predicted octanol–water partition coefficient (Wildman–Crippen LogP) is 2.83. The normalized spacial score (nSPS) is 21.6. The molecule has 8 heteroatoms. The summed E-state index contributed by atoms with van der Waals surface area (Å²) in [5.41, 5.74) is 0. The average molecular weight is 520 g/mol. The number of aliphatic imine (C=N–C) groups is 1. The fourth-order valence-corrected chi connectivity index (χ4v) is 3.77. The van der Waals surface area contributed by atoms with Crippen LogP contribution in [0.2, 0.25) is 0 Å². The third-order valence-electron chi connectivity index (χ3n) is 5.17. The number of rotatable bonds is 7. The van der Waals surface area contributed by atoms with Gasteiger partial charge in [0.15, 0.2) is 5.96 Å². The molecule has 3 rings (SSSR count). The number of benzene rings is 1. The van der Waals surface area contributed by atoms with E-state index < -0.39 is 0 Å². The molecule has 1 aromatic rings. The number of morpholine rings is 1. The molecule has 2 heterocycles. The first-order valence-electron chi connectivity index (χ1n) is 10.4. The van der Waals surface area contributed by atoms with Crippen LogP contribution in [0.15, 0.2) is 29.3 Å². The van der Waals surface area contributed by atoms with Gasteiger partial charge >= 0.3 is 0 Å². The monoisotopic (exact) mass is 520 g/mol. The van der Waals surface area contributed by atoms with Crippen LogP contribution < -0.4 is 10.1 Å². The highest BCUT2D eigenvalue weighted by Gasteiger charge is 2.27. The summed E-state index contributed by atoms with van der Waals surface area (Å²) in [5, 5.41) is 3.40. The summed E-state index contributed by atoms with van der Waals surface area (Å²) in [6.07, 6.45) is 1.07. The lowest BCUT2D eigenvalue weighted by atomic mass is 10.1. The van der Waals surface area contributed by atoms with Crippen molar-refractivity contribution in [3.05, 3.63) is 30.1 Å². The van der Waals surface area contributed by atoms with E-state index in [1.807, 2.05) is 6.92 Å². The van der Waals surface area contributed by atoms with Crippen molar-refractivity contribution < 1.29 is 13.9 Å². The van der Waals surface area contributed by atoms with E-state index in [0.717, 1.165) is 58.4 Å². The fourth-order valence-electron chi connectivity index (χ4n) is 3.77. The van der Waals surface area contributed by atoms with Gasteiger partial charge in [-0.2, -0.15) is 0 Å². The molecule has 2 aliphatic rings. The average Bonchev–Trinajstić information content (AvgIpc) is 3.14. The van der Waals surface area contributed by atoms with Crippen molar-refractivity contribution >= 4 is 29.9 Å². The van der Waals surface area contributed by atoms with Gasteiger partial charge in [-0.3, -0.25) is 4.90 Å². The zero-order valence-corrected chi connectivity index (χ0v) is 19.8. The zero-order valence-electron chi connectivity index (χ0n) is 17.5. The van der Waals surface area contributed by atoms with Gasteiger partial charge in [-0.15, -0.1) is 24.0 Å². The van der Waals surface area contributed by atoms with Crippen LogP contribution in [-0.2, 0) is 4.74 Å². The number of hydrogen-bond acceptors (Lipinski definition) is 4. The first kappa shape index (κ1) is 24.1. The Morgan fingerprint density at radius 1 is 1.34 bits per heavy atom. The molecule has 0 saturated carbocycles. The number of guanidine groups is 1. The van der Waals surface area contributed by atoms with Crippen molar-refractivity contribution in [2.75, 3.05) is 59.0 Å². The van der Waals surface area contributed by atoms with Crippen LogP contribution in [0.25, 0.3) is 0 Å². The minimum Gasteiger partial charge on any atom is -0.489 e. The largest absolute Gasteiger partial charge is 0.489 e. The number of nitrogens with one attached hydrogen (secondary N) is 1. The lowest BCUT2D eigenvalue weighted by Crippen LogP contribution is -2.42. The van der Waals surface area contributed by atoms with Crippen LogP contribution in [0, 0.1) is 11.7 Å². The van der Waals surface area contributed by atoms with Crippen LogP contribution in [0.5, 0.6) is 5.75 Å². The Hall–Kier alpha value is -1.13. The van der Waals surface area contributed by atoms with Gasteiger partial charge in [0.2, 0.25) is 0 Å². The van der Waals surface area contributed by atoms with Gasteiger partial charge in [0.25, 0.3) is 0 Å². The Balaban J connectivity index is 0.00000300. The Morgan fingerprint density at radius 2 is 2.14 bits per heavy atom. The summed E-state index contributed by atoms with van der Waals surface area (Å²) in [4.78, 5) is 9.64. The molecule has 2 aliphatic heterocycles. The highest BCUT2D eigenvalue weighted by molar-refractivity contribution is 14.0. The molecule has 164 valence electrons. The molecule has 0 spiro atoms. The summed E-state index contributed by atoms with van der Waals surface area (Å²) in [6.45, 7) is 12.4. The Labute approximate surface area is 190 Å². The lowest BCUT2D eigenvalue weighted by Gasteiger charge is -2.29. The second-order valence-corrected chi connectivity index (χ2v) is 7.59. The Kier molecular flexibility index (Phi) is 10.4. The summed E-state index contributed by atoms with van der Waals surface area (Å²) in [5.74, 6) is 1.87. The lowest BCUT2D eigenvalue weighted by molar-refractivity contribution is 0.0315. The third-order valence-corrected chi connectivity index (χ3v) is 5.17. The van der Waals surface area contributed by atoms with E-state index >= 15 is 0 Å². The maximum atomic E-state index is 13.3. The molecule has 2 saturated heterocycles. The predicted molar refractivity (Wildman–Crippen MR) is 125 cm³/mol. The smallest absolute Gasteiger partial charge is 0.194 e. The molecular formula is C21H34FIN4O2. The highest BCUT2D eigenvalue weighted by Crippen LogP contribution is 2.19. The maximum Gasteiger partial charge on any atom is 0.194 e. The van der Waals surface area contributed by atoms with Crippen molar-refractivity contribution in [2.45, 2.75) is 26.4 Å². The molecule has 2 atom stereocenters. The van der Waals surface area contributed by atoms with Crippen molar-refractivity contribution in [3.8, 4) is 5.75 Å². The third kappa shape index (κ3) is 7.90. The Bertz CT molecular complexity index is 643. The van der Waals surface area contributed by atoms with E-state index in [1.165, 1.54) is 18.6 Å². The number of ether oxygens (including phenoxy) is 2. The minimum absolute atomic E-state index is 0. The molecular weight excluding hydrogens is 486 g/mol. The van der Waals surface area contributed by atoms with Gasteiger partial charge in [-0.1, -0.05) is 6.07 Å². The van der Waals surface area contributed by atoms with E-state index in [1.54, 1.807) is 12.1 Å². The Morgan fingerprint density at radius 3 is 2.86 bits per heavy atom. The molecule has 1 aromatic carbocycles. The second-order valence-electron chi connectivity index (χ2n) is 7.59. The summed E-state index contributed by atoms with van der Waals surface area (Å²) in [6, 6.07) is 6.25. The quantitative estimate of drug-likeness (QED) is 0.341. The molecule has 0 bridgehead atoms. The van der Waals surface area contributed by atoms with Gasteiger partial charge in [-0.25, -0.2) is 9.38 Å². The first-order valence-corrected chi connectivity index (χ1v) is 10.4. The van der Waals surface area contributed by atoms with Gasteiger partial charge in [0.1, 0.15) is 17.7 Å². The topological polar surface area (TPSA) is 49.3 Å². The number of likely N-dealkylation sites (tertiary alicyclic amines) is 1. The molecule has 29 heavy (non-hydrogen) atoms. The molecule has 0 radical (unpaired) electrons. The SMILES string of the molecule is CCNC(=NCC(C)Oc1cccc(F)c1)N1CCC(CN2CCOCC2)C1.I. The molecule has 2 unspecified atom stereocenters. The highest BCUT2D eigenvalue weighted by atomic mass is 127. The van der Waals surface area contributed by atoms with E-state index in [2.05, 4.69) is 22.0 Å². The minimum atomic E-state index is -0.287. The van der Waals surface area contributed by atoms with E-state index in [9.17, 15) is 4.39 Å². The van der Waals surface area contributed by atoms with Crippen molar-refractivity contribution in [1.82, 2.24) is 15.1 Å². The molecule has 2 fully saturated rings. The van der Waals surface area contributed by atoms with Crippen LogP contribution >= 0.6 is 24.0 Å². The second kappa shape index (κ2) is 12.5. The van der Waals surface area contributed by atoms with Crippen molar-refractivity contribution in [3.63, 3.8) is 0 Å². The fraction of sp³-hybridized carbons (Fsp3) is 0.667. The molecule has 0 aromatic heterocycles. The molecule has 0 aliphatic carbocycles. The summed E-state index contributed by atoms with van der Waals surface area (Å²) < 4.78 is 24.5. The van der Waals surface area contributed by atoms with Gasteiger partial charge in [0.05, 0.1) is 19.8 Å². The van der Waals surface area contributed by atoms with E-state index in [4.69, 9.17) is 14.5 Å². The van der Waals surface area contributed by atoms with Crippen molar-refractivity contribution in [2.24, 2.45) is 10.9 Å². The van der Waals surface area contributed by atoms with Crippen LogP contribution in [0.3, 0.4) is 0 Å². The molecule has 1 N–H and O–H groups in total. The standard InChI is InChI=1S/C21H33FN4O2.HI/c1-3-23-21(24-14-17(2)28-20-6-4-5-19(22)13-20)26-8-7-18(16-26)15-25-9-11-27-12-10-25;/h4-6,13,17-18H,3,7-12,14-16H2,1-2H3,(H,23,24);1H. The van der Waals surface area contributed by atoms with Crippen LogP contribution in [0.1, 0.15) is 20.3 Å². The van der Waals surface area contributed by atoms with Gasteiger partial charge < -0.3 is 19.7 Å².